The van der Waals surface area contributed by atoms with Gasteiger partial charge in [-0.1, -0.05) is 231 Å². The van der Waals surface area contributed by atoms with Crippen LogP contribution in [-0.2, 0) is 0 Å². The minimum Gasteiger partial charge on any atom is -0.278 e. The average Bonchev–Trinajstić information content (AvgIpc) is 4.08. The van der Waals surface area contributed by atoms with Gasteiger partial charge in [-0.15, -0.1) is 0 Å². The zero-order valence-electron chi connectivity index (χ0n) is 42.8. The molecule has 5 heteroatoms. The molecule has 11 aromatic carbocycles. The van der Waals surface area contributed by atoms with E-state index in [1.807, 2.05) is 6.20 Å². The highest BCUT2D eigenvalue weighted by atomic mass is 28.3. The number of rotatable bonds is 5. The topological polar surface area (TPSA) is 35.1 Å². The standard InChI is InChI=1S/C73H48N4Si/c1-47-20-18-36-70-71(47)75-73-76(68-34-16-17-35-69(68)77(70)73)48-37-40-60-54-26-9-12-30-58(54)66-45-51(38-41-61(66)53-25-8-11-29-57(53)65(60)44-48)78(49-21-4-2-5-22-49,50-23-6-3-7-24-50)52-39-42-62-56-28-14-15-32-63(56)72-64(33-19-43-74-72)55-27-10-13-31-59(55)67(62)46-52/h2-46H,1H3. The first-order valence-corrected chi connectivity index (χ1v) is 28.9. The zero-order chi connectivity index (χ0) is 51.5. The molecule has 2 aliphatic rings. The quantitative estimate of drug-likeness (QED) is 0.127. The van der Waals surface area contributed by atoms with E-state index in [4.69, 9.17) is 9.97 Å². The maximum absolute atomic E-state index is 5.36. The molecular formula is C73H48N4Si. The van der Waals surface area contributed by atoms with E-state index in [2.05, 4.69) is 283 Å². The molecule has 0 unspecified atom stereocenters. The summed E-state index contributed by atoms with van der Waals surface area (Å²) in [6.45, 7) is 2.15. The number of para-hydroxylation sites is 3. The normalized spacial score (nSPS) is 12.2. The summed E-state index contributed by atoms with van der Waals surface area (Å²) in [6.07, 6.45) is 1.92. The van der Waals surface area contributed by atoms with Crippen molar-refractivity contribution in [3.8, 4) is 94.8 Å². The minimum absolute atomic E-state index is 0.906. The molecule has 0 spiro atoms. The van der Waals surface area contributed by atoms with Gasteiger partial charge >= 0.3 is 0 Å². The first-order chi connectivity index (χ1) is 38.6. The van der Waals surface area contributed by atoms with Crippen molar-refractivity contribution < 1.29 is 0 Å². The summed E-state index contributed by atoms with van der Waals surface area (Å²) in [7, 11) is -3.17. The Balaban J connectivity index is 0.948. The molecule has 0 fully saturated rings. The van der Waals surface area contributed by atoms with Crippen molar-refractivity contribution in [2.75, 3.05) is 0 Å². The lowest BCUT2D eigenvalue weighted by Crippen LogP contribution is -2.74. The second kappa shape index (κ2) is 17.3. The van der Waals surface area contributed by atoms with E-state index in [9.17, 15) is 0 Å². The Morgan fingerprint density at radius 3 is 1.31 bits per heavy atom. The number of pyridine rings is 1. The van der Waals surface area contributed by atoms with E-state index < -0.39 is 8.07 Å². The molecular weight excluding hydrogens is 961 g/mol. The van der Waals surface area contributed by atoms with Gasteiger partial charge in [0.15, 0.2) is 8.07 Å². The summed E-state index contributed by atoms with van der Waals surface area (Å²) in [6, 6.07) is 100.0. The number of imidazole rings is 2. The Morgan fingerprint density at radius 1 is 0.308 bits per heavy atom. The largest absolute Gasteiger partial charge is 0.278 e. The van der Waals surface area contributed by atoms with E-state index in [0.29, 0.717) is 0 Å². The predicted molar refractivity (Wildman–Crippen MR) is 326 cm³/mol. The summed E-state index contributed by atoms with van der Waals surface area (Å²) in [4.78, 5) is 10.4. The van der Waals surface area contributed by atoms with Gasteiger partial charge in [-0.2, -0.15) is 0 Å². The Bertz CT molecular complexity index is 4710. The van der Waals surface area contributed by atoms with Crippen molar-refractivity contribution >= 4 is 56.7 Å². The molecule has 3 heterocycles. The Labute approximate surface area is 453 Å². The molecule has 0 N–H and O–H groups in total. The van der Waals surface area contributed by atoms with Gasteiger partial charge < -0.3 is 0 Å². The van der Waals surface area contributed by atoms with Gasteiger partial charge in [0.25, 0.3) is 0 Å². The van der Waals surface area contributed by atoms with Crippen molar-refractivity contribution in [3.05, 3.63) is 279 Å². The van der Waals surface area contributed by atoms with Crippen LogP contribution in [0.2, 0.25) is 0 Å². The van der Waals surface area contributed by atoms with Crippen LogP contribution in [0, 0.1) is 6.92 Å². The third-order valence-corrected chi connectivity index (χ3v) is 21.6. The van der Waals surface area contributed by atoms with Gasteiger partial charge in [-0.25, -0.2) is 4.98 Å². The summed E-state index contributed by atoms with van der Waals surface area (Å²) < 4.78 is 4.67. The van der Waals surface area contributed by atoms with Crippen LogP contribution < -0.4 is 20.7 Å². The third kappa shape index (κ3) is 6.40. The fourth-order valence-electron chi connectivity index (χ4n) is 13.4. The van der Waals surface area contributed by atoms with Crippen LogP contribution in [0.3, 0.4) is 0 Å². The van der Waals surface area contributed by atoms with Gasteiger partial charge in [-0.05, 0) is 142 Å². The molecule has 0 atom stereocenters. The molecule has 14 aromatic rings. The van der Waals surface area contributed by atoms with E-state index in [1.54, 1.807) is 0 Å². The summed E-state index contributed by atoms with van der Waals surface area (Å²) in [5.41, 5.74) is 25.5. The second-order valence-electron chi connectivity index (χ2n) is 20.8. The highest BCUT2D eigenvalue weighted by Gasteiger charge is 2.43. The fourth-order valence-corrected chi connectivity index (χ4v) is 18.2. The first kappa shape index (κ1) is 44.4. The second-order valence-corrected chi connectivity index (χ2v) is 24.6. The van der Waals surface area contributed by atoms with Gasteiger partial charge in [0, 0.05) is 23.0 Å². The highest BCUT2D eigenvalue weighted by molar-refractivity contribution is 7.20. The Morgan fingerprint density at radius 2 is 0.731 bits per heavy atom. The van der Waals surface area contributed by atoms with Gasteiger partial charge in [-0.3, -0.25) is 14.0 Å². The van der Waals surface area contributed by atoms with Crippen molar-refractivity contribution in [1.29, 1.82) is 0 Å². The first-order valence-electron chi connectivity index (χ1n) is 26.9. The molecule has 16 rings (SSSR count). The lowest BCUT2D eigenvalue weighted by Gasteiger charge is -2.36. The van der Waals surface area contributed by atoms with E-state index in [0.717, 1.165) is 50.4 Å². The zero-order valence-corrected chi connectivity index (χ0v) is 43.8. The third-order valence-electron chi connectivity index (χ3n) is 16.8. The lowest BCUT2D eigenvalue weighted by molar-refractivity contribution is 1.11. The van der Waals surface area contributed by atoms with Crippen molar-refractivity contribution in [1.82, 2.24) is 18.9 Å². The van der Waals surface area contributed by atoms with Crippen molar-refractivity contribution in [3.63, 3.8) is 0 Å². The molecule has 3 aromatic heterocycles. The number of benzene rings is 11. The maximum Gasteiger partial charge on any atom is 0.220 e. The van der Waals surface area contributed by atoms with Crippen LogP contribution in [0.25, 0.3) is 123 Å². The van der Waals surface area contributed by atoms with E-state index in [1.165, 1.54) is 98.6 Å². The van der Waals surface area contributed by atoms with E-state index in [-0.39, 0.29) is 0 Å². The maximum atomic E-state index is 5.36. The molecule has 0 saturated heterocycles. The van der Waals surface area contributed by atoms with Crippen molar-refractivity contribution in [2.45, 2.75) is 6.92 Å². The van der Waals surface area contributed by atoms with Crippen molar-refractivity contribution in [2.24, 2.45) is 0 Å². The molecule has 364 valence electrons. The molecule has 0 radical (unpaired) electrons. The smallest absolute Gasteiger partial charge is 0.220 e. The molecule has 4 nitrogen and oxygen atoms in total. The number of fused-ring (bicyclic) bond motifs is 21. The van der Waals surface area contributed by atoms with Crippen LogP contribution >= 0.6 is 0 Å². The molecule has 0 saturated carbocycles. The highest BCUT2D eigenvalue weighted by Crippen LogP contribution is 2.50. The van der Waals surface area contributed by atoms with Crippen LogP contribution in [0.5, 0.6) is 0 Å². The summed E-state index contributed by atoms with van der Waals surface area (Å²) in [5.74, 6) is 0.906. The van der Waals surface area contributed by atoms with Crippen LogP contribution in [0.15, 0.2) is 273 Å². The predicted octanol–water partition coefficient (Wildman–Crippen LogP) is 15.5. The molecule has 2 aliphatic carbocycles. The average molecular weight is 1010 g/mol. The van der Waals surface area contributed by atoms with Gasteiger partial charge in [0.05, 0.1) is 27.8 Å². The minimum atomic E-state index is -3.17. The van der Waals surface area contributed by atoms with Gasteiger partial charge in [0.1, 0.15) is 0 Å². The Kier molecular flexibility index (Phi) is 9.84. The molecule has 0 bridgehead atoms. The number of nitrogens with zero attached hydrogens (tertiary/aromatic N) is 4. The molecule has 0 amide bonds. The number of hydrogen-bond acceptors (Lipinski definition) is 2. The number of aromatic nitrogens is 4. The van der Waals surface area contributed by atoms with Gasteiger partial charge in [0.2, 0.25) is 5.78 Å². The van der Waals surface area contributed by atoms with E-state index >= 15 is 0 Å². The number of hydrogen-bond donors (Lipinski definition) is 0. The summed E-state index contributed by atoms with van der Waals surface area (Å²) >= 11 is 0. The van der Waals surface area contributed by atoms with Crippen LogP contribution in [0.4, 0.5) is 0 Å². The Hall–Kier alpha value is -9.94. The SMILES string of the molecule is Cc1cccc2c1nc1n(-c3ccc4c(c3)-c3ccccc3-c3ccc([Si](c5ccccc5)(c5ccccc5)c5ccc6c(c5)-c5ccccc5-c5cccnc5-c5ccccc5-6)cc3-c3ccccc3-4)c3ccccc3n21. The van der Waals surface area contributed by atoms with Crippen LogP contribution in [-0.4, -0.2) is 27.0 Å². The number of aryl methyl sites for hydroxylation is 1. The summed E-state index contributed by atoms with van der Waals surface area (Å²) in [5, 5.41) is 5.30. The molecule has 78 heavy (non-hydrogen) atoms. The lowest BCUT2D eigenvalue weighted by atomic mass is 9.81. The molecule has 0 aliphatic heterocycles. The van der Waals surface area contributed by atoms with Crippen LogP contribution in [0.1, 0.15) is 5.56 Å². The monoisotopic (exact) mass is 1010 g/mol. The fraction of sp³-hybridized carbons (Fsp3) is 0.0137.